The summed E-state index contributed by atoms with van der Waals surface area (Å²) in [6, 6.07) is 11.0. The van der Waals surface area contributed by atoms with Crippen LogP contribution in [0.2, 0.25) is 0 Å². The highest BCUT2D eigenvalue weighted by Gasteiger charge is 2.46. The third kappa shape index (κ3) is 3.96. The first-order valence-corrected chi connectivity index (χ1v) is 11.0. The van der Waals surface area contributed by atoms with E-state index in [1.807, 2.05) is 13.8 Å². The van der Waals surface area contributed by atoms with E-state index in [-0.39, 0.29) is 17.1 Å². The molecule has 2 heterocycles. The van der Waals surface area contributed by atoms with Gasteiger partial charge in [-0.3, -0.25) is 9.59 Å². The van der Waals surface area contributed by atoms with E-state index in [1.165, 1.54) is 17.0 Å². The summed E-state index contributed by atoms with van der Waals surface area (Å²) in [5.41, 5.74) is 2.05. The number of hydrogen-bond donors (Lipinski definition) is 2. The maximum Gasteiger partial charge on any atom is 0.295 e. The van der Waals surface area contributed by atoms with Crippen LogP contribution >= 0.6 is 0 Å². The van der Waals surface area contributed by atoms with E-state index in [9.17, 15) is 19.8 Å². The van der Waals surface area contributed by atoms with E-state index in [2.05, 4.69) is 4.90 Å². The number of aromatic hydroxyl groups is 1. The van der Waals surface area contributed by atoms with Crippen LogP contribution in [0.4, 0.5) is 0 Å². The van der Waals surface area contributed by atoms with Crippen molar-refractivity contribution in [3.8, 4) is 11.5 Å². The van der Waals surface area contributed by atoms with E-state index in [0.29, 0.717) is 30.8 Å². The Morgan fingerprint density at radius 3 is 2.66 bits per heavy atom. The van der Waals surface area contributed by atoms with Gasteiger partial charge in [-0.15, -0.1) is 0 Å². The van der Waals surface area contributed by atoms with Crippen molar-refractivity contribution >= 4 is 17.4 Å². The second kappa shape index (κ2) is 9.04. The second-order valence-electron chi connectivity index (χ2n) is 8.04. The van der Waals surface area contributed by atoms with Crippen LogP contribution in [-0.2, 0) is 16.0 Å². The van der Waals surface area contributed by atoms with Crippen LogP contribution in [0.1, 0.15) is 36.6 Å². The minimum absolute atomic E-state index is 0.0338. The molecule has 2 aromatic rings. The minimum Gasteiger partial charge on any atom is -0.508 e. The normalized spacial score (nSPS) is 19.5. The molecule has 168 valence electrons. The molecule has 0 saturated carbocycles. The number of phenols is 1. The number of ether oxygens (including phenoxy) is 1. The van der Waals surface area contributed by atoms with Gasteiger partial charge in [-0.2, -0.15) is 0 Å². The third-order valence-corrected chi connectivity index (χ3v) is 6.24. The van der Waals surface area contributed by atoms with Gasteiger partial charge in [0.2, 0.25) is 0 Å². The van der Waals surface area contributed by atoms with Gasteiger partial charge in [-0.1, -0.05) is 26.0 Å². The van der Waals surface area contributed by atoms with Gasteiger partial charge < -0.3 is 24.7 Å². The number of amides is 1. The molecule has 1 amide bonds. The molecule has 0 aliphatic carbocycles. The average molecular weight is 437 g/mol. The van der Waals surface area contributed by atoms with Gasteiger partial charge in [-0.05, 0) is 54.5 Å². The fraction of sp³-hybridized carbons (Fsp3) is 0.360. The molecule has 0 aromatic heterocycles. The van der Waals surface area contributed by atoms with Gasteiger partial charge in [0.05, 0.1) is 18.2 Å². The molecule has 7 nitrogen and oxygen atoms in total. The van der Waals surface area contributed by atoms with Crippen molar-refractivity contribution in [2.45, 2.75) is 26.3 Å². The summed E-state index contributed by atoms with van der Waals surface area (Å²) in [4.78, 5) is 29.8. The lowest BCUT2D eigenvalue weighted by molar-refractivity contribution is -0.140. The minimum atomic E-state index is -0.776. The number of likely N-dealkylation sites (N-methyl/N-ethyl adjacent to an activating group) is 1. The summed E-state index contributed by atoms with van der Waals surface area (Å²) in [7, 11) is 0. The monoisotopic (exact) mass is 436 g/mol. The third-order valence-electron chi connectivity index (χ3n) is 6.24. The summed E-state index contributed by atoms with van der Waals surface area (Å²) >= 11 is 0. The van der Waals surface area contributed by atoms with E-state index in [0.717, 1.165) is 30.8 Å². The molecular formula is C25H28N2O5. The lowest BCUT2D eigenvalue weighted by atomic mass is 9.94. The molecule has 1 saturated heterocycles. The number of nitrogens with zero attached hydrogens (tertiary/aromatic N) is 2. The molecule has 1 unspecified atom stereocenters. The summed E-state index contributed by atoms with van der Waals surface area (Å²) < 4.78 is 5.53. The molecular weight excluding hydrogens is 408 g/mol. The number of benzene rings is 2. The number of ketones is 1. The fourth-order valence-electron chi connectivity index (χ4n) is 4.43. The summed E-state index contributed by atoms with van der Waals surface area (Å²) in [5.74, 6) is -0.766. The molecule has 7 heteroatoms. The first kappa shape index (κ1) is 21.9. The quantitative estimate of drug-likeness (QED) is 0.394. The molecule has 4 rings (SSSR count). The highest BCUT2D eigenvalue weighted by Crippen LogP contribution is 2.40. The number of hydrogen-bond acceptors (Lipinski definition) is 6. The van der Waals surface area contributed by atoms with Crippen LogP contribution in [-0.4, -0.2) is 64.5 Å². The maximum atomic E-state index is 13.1. The fourth-order valence-corrected chi connectivity index (χ4v) is 4.43. The van der Waals surface area contributed by atoms with Crippen molar-refractivity contribution in [1.29, 1.82) is 0 Å². The zero-order chi connectivity index (χ0) is 22.8. The predicted octanol–water partition coefficient (Wildman–Crippen LogP) is 3.09. The number of carbonyl (C=O) groups is 2. The first-order chi connectivity index (χ1) is 15.4. The molecule has 2 N–H and O–H groups in total. The standard InChI is InChI=1S/C25H28N2O5/c1-3-26(4-2)11-12-27-22(17-6-5-7-19(28)15-17)21(24(30)25(27)31)23(29)18-8-9-20-16(14-18)10-13-32-20/h5-9,14-15,22,28-29H,3-4,10-13H2,1-2H3/b23-21-. The topological polar surface area (TPSA) is 90.3 Å². The second-order valence-corrected chi connectivity index (χ2v) is 8.04. The van der Waals surface area contributed by atoms with Gasteiger partial charge in [0.25, 0.3) is 11.7 Å². The summed E-state index contributed by atoms with van der Waals surface area (Å²) in [6.07, 6.45) is 0.727. The summed E-state index contributed by atoms with van der Waals surface area (Å²) in [6.45, 7) is 7.26. The average Bonchev–Trinajstić information content (AvgIpc) is 3.36. The lowest BCUT2D eigenvalue weighted by Gasteiger charge is -2.28. The number of aliphatic hydroxyl groups excluding tert-OH is 1. The number of carbonyl (C=O) groups excluding carboxylic acids is 2. The molecule has 0 spiro atoms. The van der Waals surface area contributed by atoms with Crippen molar-refractivity contribution in [2.75, 3.05) is 32.8 Å². The van der Waals surface area contributed by atoms with Crippen LogP contribution < -0.4 is 4.74 Å². The Labute approximate surface area is 187 Å². The van der Waals surface area contributed by atoms with Gasteiger partial charge in [-0.25, -0.2) is 0 Å². The van der Waals surface area contributed by atoms with E-state index < -0.39 is 17.7 Å². The Bertz CT molecular complexity index is 1070. The lowest BCUT2D eigenvalue weighted by Crippen LogP contribution is -2.38. The highest BCUT2D eigenvalue weighted by atomic mass is 16.5. The van der Waals surface area contributed by atoms with Crippen LogP contribution in [0, 0.1) is 0 Å². The summed E-state index contributed by atoms with van der Waals surface area (Å²) in [5, 5.41) is 21.2. The van der Waals surface area contributed by atoms with E-state index in [4.69, 9.17) is 4.74 Å². The van der Waals surface area contributed by atoms with Crippen LogP contribution in [0.15, 0.2) is 48.0 Å². The molecule has 2 aromatic carbocycles. The van der Waals surface area contributed by atoms with E-state index in [1.54, 1.807) is 30.3 Å². The van der Waals surface area contributed by atoms with Crippen LogP contribution in [0.5, 0.6) is 11.5 Å². The number of rotatable bonds is 7. The van der Waals surface area contributed by atoms with Gasteiger partial charge in [0, 0.05) is 25.1 Å². The molecule has 2 aliphatic heterocycles. The van der Waals surface area contributed by atoms with Gasteiger partial charge in [0.15, 0.2) is 0 Å². The zero-order valence-corrected chi connectivity index (χ0v) is 18.4. The molecule has 1 fully saturated rings. The number of phenolic OH excluding ortho intramolecular Hbond substituents is 1. The van der Waals surface area contributed by atoms with E-state index >= 15 is 0 Å². The van der Waals surface area contributed by atoms with Crippen molar-refractivity contribution in [2.24, 2.45) is 0 Å². The molecule has 0 radical (unpaired) electrons. The smallest absolute Gasteiger partial charge is 0.295 e. The van der Waals surface area contributed by atoms with Crippen molar-refractivity contribution in [3.63, 3.8) is 0 Å². The molecule has 1 atom stereocenters. The Balaban J connectivity index is 1.79. The number of Topliss-reactive ketones (excluding diaryl/α,β-unsaturated/α-hetero) is 1. The Hall–Kier alpha value is -3.32. The van der Waals surface area contributed by atoms with Crippen LogP contribution in [0.25, 0.3) is 5.76 Å². The van der Waals surface area contributed by atoms with Crippen molar-refractivity contribution in [1.82, 2.24) is 9.80 Å². The predicted molar refractivity (Wildman–Crippen MR) is 121 cm³/mol. The molecule has 2 aliphatic rings. The van der Waals surface area contributed by atoms with Crippen LogP contribution in [0.3, 0.4) is 0 Å². The van der Waals surface area contributed by atoms with Crippen molar-refractivity contribution in [3.05, 3.63) is 64.7 Å². The molecule has 32 heavy (non-hydrogen) atoms. The Morgan fingerprint density at radius 1 is 1.16 bits per heavy atom. The van der Waals surface area contributed by atoms with Crippen molar-refractivity contribution < 1.29 is 24.5 Å². The maximum absolute atomic E-state index is 13.1. The number of aliphatic hydroxyl groups is 1. The number of likely N-dealkylation sites (tertiary alicyclic amines) is 1. The largest absolute Gasteiger partial charge is 0.508 e. The SMILES string of the molecule is CCN(CC)CCN1C(=O)C(=O)/C(=C(\O)c2ccc3c(c2)CCO3)C1c1cccc(O)c1. The zero-order valence-electron chi connectivity index (χ0n) is 18.4. The highest BCUT2D eigenvalue weighted by molar-refractivity contribution is 6.46. The van der Waals surface area contributed by atoms with Gasteiger partial charge >= 0.3 is 0 Å². The first-order valence-electron chi connectivity index (χ1n) is 11.0. The Kier molecular flexibility index (Phi) is 6.19. The molecule has 0 bridgehead atoms. The number of fused-ring (bicyclic) bond motifs is 1. The van der Waals surface area contributed by atoms with Gasteiger partial charge in [0.1, 0.15) is 17.3 Å². The Morgan fingerprint density at radius 2 is 1.94 bits per heavy atom.